The van der Waals surface area contributed by atoms with Crippen molar-refractivity contribution in [2.45, 2.75) is 51.1 Å². The number of fused-ring (bicyclic) bond motifs is 1. The zero-order chi connectivity index (χ0) is 30.7. The molecule has 1 saturated heterocycles. The highest BCUT2D eigenvalue weighted by atomic mass is 31.2. The second kappa shape index (κ2) is 13.7. The number of benzene rings is 2. The van der Waals surface area contributed by atoms with Gasteiger partial charge in [0.2, 0.25) is 5.43 Å². The van der Waals surface area contributed by atoms with Crippen LogP contribution in [0, 0.1) is 5.82 Å². The molecule has 11 nitrogen and oxygen atoms in total. The molecule has 2 fully saturated rings. The third-order valence-corrected chi connectivity index (χ3v) is 9.78. The van der Waals surface area contributed by atoms with Gasteiger partial charge in [0, 0.05) is 37.9 Å². The van der Waals surface area contributed by atoms with Crippen LogP contribution in [0.5, 0.6) is 11.5 Å². The number of anilines is 1. The summed E-state index contributed by atoms with van der Waals surface area (Å²) in [5.41, 5.74) is -0.00224. The van der Waals surface area contributed by atoms with Gasteiger partial charge in [0.1, 0.15) is 22.4 Å². The van der Waals surface area contributed by atoms with E-state index in [0.717, 1.165) is 18.9 Å². The van der Waals surface area contributed by atoms with Crippen molar-refractivity contribution < 1.29 is 38.2 Å². The van der Waals surface area contributed by atoms with E-state index in [1.807, 2.05) is 25.7 Å². The van der Waals surface area contributed by atoms with E-state index in [9.17, 15) is 29.2 Å². The Morgan fingerprint density at radius 2 is 1.76 bits per heavy atom. The summed E-state index contributed by atoms with van der Waals surface area (Å²) < 4.78 is 28.6. The Kier molecular flexibility index (Phi) is 10.5. The first-order chi connectivity index (χ1) is 20.1. The van der Waals surface area contributed by atoms with Crippen molar-refractivity contribution in [3.05, 3.63) is 63.7 Å². The van der Waals surface area contributed by atoms with E-state index in [2.05, 4.69) is 5.32 Å². The van der Waals surface area contributed by atoms with E-state index in [-0.39, 0.29) is 45.8 Å². The van der Waals surface area contributed by atoms with Crippen molar-refractivity contribution in [1.82, 2.24) is 9.88 Å². The van der Waals surface area contributed by atoms with Gasteiger partial charge in [0.05, 0.1) is 18.0 Å². The first-order valence-corrected chi connectivity index (χ1v) is 16.3. The number of ether oxygens (including phenoxy) is 2. The summed E-state index contributed by atoms with van der Waals surface area (Å²) in [6.07, 6.45) is 3.09. The fourth-order valence-electron chi connectivity index (χ4n) is 5.08. The molecular weight excluding hydrogens is 587 g/mol. The van der Waals surface area contributed by atoms with Gasteiger partial charge in [-0.05, 0) is 43.5 Å². The van der Waals surface area contributed by atoms with Crippen LogP contribution in [0.3, 0.4) is 0 Å². The van der Waals surface area contributed by atoms with Gasteiger partial charge in [-0.1, -0.05) is 26.0 Å². The summed E-state index contributed by atoms with van der Waals surface area (Å²) in [5, 5.41) is 2.08. The molecule has 5 N–H and O–H groups in total. The molecule has 42 heavy (non-hydrogen) atoms. The van der Waals surface area contributed by atoms with Crippen molar-refractivity contribution in [2.24, 2.45) is 0 Å². The molecule has 228 valence electrons. The molecule has 1 unspecified atom stereocenters. The van der Waals surface area contributed by atoms with E-state index >= 15 is 4.39 Å². The van der Waals surface area contributed by atoms with Crippen LogP contribution in [0.4, 0.5) is 10.1 Å². The topological polar surface area (TPSA) is 154 Å². The number of halogens is 1. The summed E-state index contributed by atoms with van der Waals surface area (Å²) in [6, 6.07) is 6.76. The first kappa shape index (κ1) is 32.2. The highest BCUT2D eigenvalue weighted by molar-refractivity contribution is 7.63. The second-order valence-corrected chi connectivity index (χ2v) is 12.6. The smallest absolute Gasteiger partial charge is 0.349 e. The van der Waals surface area contributed by atoms with Crippen LogP contribution in [0.15, 0.2) is 41.3 Å². The van der Waals surface area contributed by atoms with E-state index in [0.29, 0.717) is 25.2 Å². The van der Waals surface area contributed by atoms with Crippen LogP contribution >= 0.6 is 16.8 Å². The lowest BCUT2D eigenvalue weighted by atomic mass is 10.1. The number of carbonyl (C=O) groups excluding carboxylic acids is 1. The monoisotopic (exact) mass is 623 g/mol. The fourth-order valence-corrected chi connectivity index (χ4v) is 6.70. The number of carbonyl (C=O) groups is 1. The maximum Gasteiger partial charge on any atom is 0.349 e. The normalized spacial score (nSPS) is 17.0. The maximum atomic E-state index is 15.6. The van der Waals surface area contributed by atoms with Gasteiger partial charge in [0.25, 0.3) is 0 Å². The van der Waals surface area contributed by atoms with Gasteiger partial charge in [-0.3, -0.25) is 4.79 Å². The Morgan fingerprint density at radius 1 is 1.12 bits per heavy atom. The number of hydrogen-bond donors (Lipinski definition) is 5. The predicted molar refractivity (Wildman–Crippen MR) is 161 cm³/mol. The maximum absolute atomic E-state index is 15.6. The van der Waals surface area contributed by atoms with Crippen LogP contribution in [0.2, 0.25) is 0 Å². The van der Waals surface area contributed by atoms with Crippen LogP contribution in [-0.4, -0.2) is 62.9 Å². The summed E-state index contributed by atoms with van der Waals surface area (Å²) in [5.74, 6) is -1.26. The van der Waals surface area contributed by atoms with Crippen molar-refractivity contribution in [2.75, 3.05) is 31.6 Å². The third-order valence-electron chi connectivity index (χ3n) is 7.07. The zero-order valence-corrected chi connectivity index (χ0v) is 25.6. The number of hydrogen-bond acceptors (Lipinski definition) is 10. The minimum Gasteiger partial charge on any atom is -0.492 e. The number of esters is 1. The molecule has 2 aliphatic rings. The van der Waals surface area contributed by atoms with Crippen LogP contribution in [-0.2, 0) is 0 Å². The minimum atomic E-state index is -2.65. The number of methoxy groups -OCH3 is 1. The highest BCUT2D eigenvalue weighted by Crippen LogP contribution is 2.60. The number of nitrogens with one attached hydrogen (secondary N) is 1. The zero-order valence-electron chi connectivity index (χ0n) is 23.8. The number of aromatic nitrogens is 1. The largest absolute Gasteiger partial charge is 0.492 e. The molecule has 5 rings (SSSR count). The van der Waals surface area contributed by atoms with Crippen LogP contribution in [0.25, 0.3) is 10.9 Å². The van der Waals surface area contributed by atoms with Gasteiger partial charge in [-0.15, -0.1) is 0 Å². The Labute approximate surface area is 245 Å². The van der Waals surface area contributed by atoms with Gasteiger partial charge in [0.15, 0.2) is 28.3 Å². The molecule has 2 heterocycles. The summed E-state index contributed by atoms with van der Waals surface area (Å²) in [7, 11) is -3.87. The molecule has 2 aromatic carbocycles. The Morgan fingerprint density at radius 3 is 2.31 bits per heavy atom. The molecule has 1 aliphatic heterocycles. The highest BCUT2D eigenvalue weighted by Gasteiger charge is 2.33. The van der Waals surface area contributed by atoms with E-state index in [1.165, 1.54) is 37.6 Å². The van der Waals surface area contributed by atoms with Crippen molar-refractivity contribution in [3.8, 4) is 11.5 Å². The summed E-state index contributed by atoms with van der Waals surface area (Å²) in [6.45, 7) is 7.81. The van der Waals surface area contributed by atoms with Crippen molar-refractivity contribution >= 4 is 39.3 Å². The Balaban J connectivity index is 0.00000198. The average Bonchev–Trinajstić information content (AvgIpc) is 3.80. The lowest BCUT2D eigenvalue weighted by molar-refractivity contribution is 0.0732. The average molecular weight is 624 g/mol. The van der Waals surface area contributed by atoms with Crippen LogP contribution < -0.4 is 25.1 Å². The minimum absolute atomic E-state index is 0.0127. The molecule has 3 aromatic rings. The number of rotatable bonds is 8. The summed E-state index contributed by atoms with van der Waals surface area (Å²) >= 11 is 0. The molecule has 1 saturated carbocycles. The third kappa shape index (κ3) is 6.60. The van der Waals surface area contributed by atoms with E-state index < -0.39 is 39.4 Å². The molecule has 1 aromatic heterocycles. The number of nitrogens with zero attached hydrogens (tertiary/aromatic N) is 2. The molecular formula is C28H36FN3O8P2. The van der Waals surface area contributed by atoms with Gasteiger partial charge >= 0.3 is 5.97 Å². The molecule has 0 bridgehead atoms. The standard InChI is InChI=1S/C26H30FN3O8P2.C2H6/c1-14-12-29(10-9-28-14)22-20(27)11-18-21(24(22)37-2)30(16-5-6-16)13-19(23(18)31)25(32)38-17-7-3-15(4-8-17)26(39(33)34)40(35)36;1-2/h3-4,7-8,11,13-14,16,26,28,33-36H,5-6,9-10,12H2,1-2H3;1-2H3. The van der Waals surface area contributed by atoms with Gasteiger partial charge < -0.3 is 43.8 Å². The lowest BCUT2D eigenvalue weighted by Gasteiger charge is -2.35. The van der Waals surface area contributed by atoms with E-state index in [1.54, 1.807) is 4.57 Å². The fraction of sp³-hybridized carbons (Fsp3) is 0.429. The van der Waals surface area contributed by atoms with E-state index in [4.69, 9.17) is 9.47 Å². The predicted octanol–water partition coefficient (Wildman–Crippen LogP) is 4.12. The second-order valence-electron chi connectivity index (χ2n) is 9.92. The molecule has 14 heteroatoms. The molecule has 1 atom stereocenters. The number of piperazine rings is 1. The first-order valence-electron chi connectivity index (χ1n) is 13.7. The van der Waals surface area contributed by atoms with Crippen LogP contribution in [0.1, 0.15) is 61.0 Å². The molecule has 0 spiro atoms. The Bertz CT molecular complexity index is 1470. The lowest BCUT2D eigenvalue weighted by Crippen LogP contribution is -2.49. The Hall–Kier alpha value is -2.69. The quantitative estimate of drug-likeness (QED) is 0.141. The number of pyridine rings is 1. The summed E-state index contributed by atoms with van der Waals surface area (Å²) in [4.78, 5) is 66.6. The molecule has 0 amide bonds. The molecule has 0 radical (unpaired) electrons. The SMILES string of the molecule is CC.COc1c(N2CCNC(C)C2)c(F)cc2c(=O)c(C(=O)Oc3ccc(C(P(O)O)P(O)O)cc3)cn(C3CC3)c12. The van der Waals surface area contributed by atoms with Crippen molar-refractivity contribution in [3.63, 3.8) is 0 Å². The van der Waals surface area contributed by atoms with Crippen molar-refractivity contribution in [1.29, 1.82) is 0 Å². The molecule has 1 aliphatic carbocycles. The van der Waals surface area contributed by atoms with Gasteiger partial charge in [-0.2, -0.15) is 0 Å². The van der Waals surface area contributed by atoms with Gasteiger partial charge in [-0.25, -0.2) is 9.18 Å².